The molecule has 0 saturated heterocycles. The first-order valence-electron chi connectivity index (χ1n) is 8.19. The van der Waals surface area contributed by atoms with E-state index >= 15 is 0 Å². The van der Waals surface area contributed by atoms with Gasteiger partial charge in [-0.05, 0) is 35.9 Å². The van der Waals surface area contributed by atoms with Crippen molar-refractivity contribution in [3.63, 3.8) is 0 Å². The van der Waals surface area contributed by atoms with Crippen molar-refractivity contribution in [2.75, 3.05) is 19.0 Å². The van der Waals surface area contributed by atoms with Crippen molar-refractivity contribution in [2.24, 2.45) is 0 Å². The Hall–Kier alpha value is -3.93. The van der Waals surface area contributed by atoms with Crippen molar-refractivity contribution in [3.05, 3.63) is 59.7 Å². The molecule has 0 aromatic heterocycles. The Labute approximate surface area is 165 Å². The van der Waals surface area contributed by atoms with E-state index in [0.29, 0.717) is 11.3 Å². The lowest BCUT2D eigenvalue weighted by Gasteiger charge is -2.11. The zero-order valence-corrected chi connectivity index (χ0v) is 15.2. The highest BCUT2D eigenvalue weighted by atomic mass is 19.3. The molecule has 0 spiro atoms. The maximum absolute atomic E-state index is 12.4. The minimum Gasteiger partial charge on any atom is -0.497 e. The van der Waals surface area contributed by atoms with Crippen LogP contribution in [-0.2, 0) is 14.3 Å². The van der Waals surface area contributed by atoms with Crippen molar-refractivity contribution in [1.82, 2.24) is 0 Å². The number of halogens is 2. The number of hydrogen-bond acceptors (Lipinski definition) is 6. The van der Waals surface area contributed by atoms with Crippen LogP contribution in [0.25, 0.3) is 6.08 Å². The highest BCUT2D eigenvalue weighted by Gasteiger charge is 2.15. The first-order chi connectivity index (χ1) is 13.9. The molecule has 1 N–H and O–H groups in total. The number of nitrogens with zero attached hydrogens (tertiary/aromatic N) is 1. The van der Waals surface area contributed by atoms with E-state index < -0.39 is 25.1 Å². The number of nitrogens with one attached hydrogen (secondary N) is 1. The van der Waals surface area contributed by atoms with Crippen LogP contribution in [0.3, 0.4) is 0 Å². The Bertz CT molecular complexity index is 937. The molecular formula is C20H16F2N2O5. The number of alkyl halides is 2. The summed E-state index contributed by atoms with van der Waals surface area (Å²) in [4.78, 5) is 24.0. The second kappa shape index (κ2) is 10.4. The minimum absolute atomic E-state index is 0.0110. The molecule has 0 radical (unpaired) electrons. The van der Waals surface area contributed by atoms with Crippen molar-refractivity contribution in [1.29, 1.82) is 5.26 Å². The minimum atomic E-state index is -3.06. The molecule has 9 heteroatoms. The van der Waals surface area contributed by atoms with E-state index in [2.05, 4.69) is 10.1 Å². The molecule has 0 bridgehead atoms. The molecule has 150 valence electrons. The van der Waals surface area contributed by atoms with E-state index in [1.54, 1.807) is 30.3 Å². The summed E-state index contributed by atoms with van der Waals surface area (Å²) >= 11 is 0. The monoisotopic (exact) mass is 402 g/mol. The lowest BCUT2D eigenvalue weighted by Crippen LogP contribution is -2.22. The number of carbonyl (C=O) groups is 2. The lowest BCUT2D eigenvalue weighted by molar-refractivity contribution is -0.142. The molecule has 0 aliphatic rings. The maximum Gasteiger partial charge on any atom is 0.387 e. The molecule has 2 rings (SSSR count). The number of carbonyl (C=O) groups excluding carboxylic acids is 2. The van der Waals surface area contributed by atoms with Gasteiger partial charge >= 0.3 is 12.6 Å². The standard InChI is InChI=1S/C20H16F2N2O5/c1-27-15-8-6-13(7-9-15)10-14(11-23)19(26)28-12-18(25)24-16-4-2-3-5-17(16)29-20(21)22/h2-10,20H,12H2,1H3,(H,24,25)/b14-10+. The topological polar surface area (TPSA) is 97.6 Å². The van der Waals surface area contributed by atoms with Gasteiger partial charge in [0, 0.05) is 0 Å². The van der Waals surface area contributed by atoms with Crippen molar-refractivity contribution in [3.8, 4) is 17.6 Å². The van der Waals surface area contributed by atoms with Crippen LogP contribution in [0, 0.1) is 11.3 Å². The van der Waals surface area contributed by atoms with Gasteiger partial charge < -0.3 is 19.5 Å². The van der Waals surface area contributed by atoms with Gasteiger partial charge in [-0.1, -0.05) is 24.3 Å². The van der Waals surface area contributed by atoms with Crippen LogP contribution in [-0.4, -0.2) is 32.2 Å². The molecule has 29 heavy (non-hydrogen) atoms. The fourth-order valence-electron chi connectivity index (χ4n) is 2.17. The smallest absolute Gasteiger partial charge is 0.387 e. The molecule has 0 atom stereocenters. The van der Waals surface area contributed by atoms with Gasteiger partial charge in [0.05, 0.1) is 12.8 Å². The van der Waals surface area contributed by atoms with Crippen molar-refractivity contribution >= 4 is 23.6 Å². The first-order valence-corrected chi connectivity index (χ1v) is 8.19. The predicted octanol–water partition coefficient (Wildman–Crippen LogP) is 3.39. The van der Waals surface area contributed by atoms with E-state index in [-0.39, 0.29) is 17.0 Å². The van der Waals surface area contributed by atoms with Gasteiger partial charge in [0.15, 0.2) is 6.61 Å². The molecule has 0 fully saturated rings. The third-order valence-corrected chi connectivity index (χ3v) is 3.48. The summed E-state index contributed by atoms with van der Waals surface area (Å²) in [5.41, 5.74) is 0.231. The summed E-state index contributed by atoms with van der Waals surface area (Å²) in [6.45, 7) is -3.78. The third kappa shape index (κ3) is 6.62. The fourth-order valence-corrected chi connectivity index (χ4v) is 2.17. The van der Waals surface area contributed by atoms with Crippen LogP contribution >= 0.6 is 0 Å². The molecule has 2 aromatic rings. The van der Waals surface area contributed by atoms with Crippen LogP contribution in [0.5, 0.6) is 11.5 Å². The number of para-hydroxylation sites is 2. The zero-order chi connectivity index (χ0) is 21.2. The van der Waals surface area contributed by atoms with E-state index in [4.69, 9.17) is 14.7 Å². The number of anilines is 1. The molecule has 1 amide bonds. The van der Waals surface area contributed by atoms with Gasteiger partial charge in [0.1, 0.15) is 23.1 Å². The van der Waals surface area contributed by atoms with Crippen LogP contribution < -0.4 is 14.8 Å². The quantitative estimate of drug-likeness (QED) is 0.413. The number of benzene rings is 2. The highest BCUT2D eigenvalue weighted by Crippen LogP contribution is 2.25. The van der Waals surface area contributed by atoms with Gasteiger partial charge in [-0.3, -0.25) is 4.79 Å². The SMILES string of the molecule is COc1ccc(/C=C(\C#N)C(=O)OCC(=O)Nc2ccccc2OC(F)F)cc1. The molecule has 0 aliphatic heterocycles. The molecule has 7 nitrogen and oxygen atoms in total. The molecular weight excluding hydrogens is 386 g/mol. The van der Waals surface area contributed by atoms with E-state index in [1.807, 2.05) is 0 Å². The van der Waals surface area contributed by atoms with E-state index in [1.165, 1.54) is 37.5 Å². The number of esters is 1. The third-order valence-electron chi connectivity index (χ3n) is 3.48. The number of ether oxygens (including phenoxy) is 3. The number of methoxy groups -OCH3 is 1. The average Bonchev–Trinajstić information content (AvgIpc) is 2.71. The van der Waals surface area contributed by atoms with Gasteiger partial charge in [-0.15, -0.1) is 0 Å². The van der Waals surface area contributed by atoms with Gasteiger partial charge in [0.25, 0.3) is 5.91 Å². The van der Waals surface area contributed by atoms with Gasteiger partial charge in [-0.2, -0.15) is 14.0 Å². The maximum atomic E-state index is 12.4. The highest BCUT2D eigenvalue weighted by molar-refractivity contribution is 6.00. The summed E-state index contributed by atoms with van der Waals surface area (Å²) in [6, 6.07) is 13.8. The van der Waals surface area contributed by atoms with Gasteiger partial charge in [0.2, 0.25) is 0 Å². The number of nitriles is 1. The van der Waals surface area contributed by atoms with Crippen LogP contribution in [0.4, 0.5) is 14.5 Å². The van der Waals surface area contributed by atoms with Crippen LogP contribution in [0.1, 0.15) is 5.56 Å². The molecule has 0 unspecified atom stereocenters. The zero-order valence-electron chi connectivity index (χ0n) is 15.2. The number of rotatable bonds is 8. The van der Waals surface area contributed by atoms with Crippen LogP contribution in [0.2, 0.25) is 0 Å². The summed E-state index contributed by atoms with van der Waals surface area (Å²) < 4.78 is 38.9. The van der Waals surface area contributed by atoms with Crippen molar-refractivity contribution in [2.45, 2.75) is 6.61 Å². The van der Waals surface area contributed by atoms with E-state index in [9.17, 15) is 18.4 Å². The Morgan fingerprint density at radius 3 is 2.48 bits per heavy atom. The molecule has 0 saturated carbocycles. The predicted molar refractivity (Wildman–Crippen MR) is 99.2 cm³/mol. The van der Waals surface area contributed by atoms with Gasteiger partial charge in [-0.25, -0.2) is 4.79 Å². The Morgan fingerprint density at radius 1 is 1.17 bits per heavy atom. The Kier molecular flexibility index (Phi) is 7.68. The molecule has 0 heterocycles. The average molecular weight is 402 g/mol. The molecule has 0 aliphatic carbocycles. The van der Waals surface area contributed by atoms with E-state index in [0.717, 1.165) is 0 Å². The normalized spacial score (nSPS) is 10.8. The summed E-state index contributed by atoms with van der Waals surface area (Å²) in [5.74, 6) is -1.42. The second-order valence-corrected chi connectivity index (χ2v) is 5.44. The second-order valence-electron chi connectivity index (χ2n) is 5.44. The van der Waals surface area contributed by atoms with Crippen LogP contribution in [0.15, 0.2) is 54.1 Å². The number of hydrogen-bond donors (Lipinski definition) is 1. The molecule has 2 aromatic carbocycles. The summed E-state index contributed by atoms with van der Waals surface area (Å²) in [7, 11) is 1.51. The first kappa shape index (κ1) is 21.4. The lowest BCUT2D eigenvalue weighted by atomic mass is 10.1. The van der Waals surface area contributed by atoms with Crippen molar-refractivity contribution < 1.29 is 32.6 Å². The summed E-state index contributed by atoms with van der Waals surface area (Å²) in [6.07, 6.45) is 1.30. The fraction of sp³-hybridized carbons (Fsp3) is 0.150. The summed E-state index contributed by atoms with van der Waals surface area (Å²) in [5, 5.41) is 11.4. The number of amides is 1. The largest absolute Gasteiger partial charge is 0.497 e. The Balaban J connectivity index is 1.97. The Morgan fingerprint density at radius 2 is 1.86 bits per heavy atom.